The maximum atomic E-state index is 12.0. The summed E-state index contributed by atoms with van der Waals surface area (Å²) in [5.74, 6) is -0.0521. The number of nitrogens with zero attached hydrogens (tertiary/aromatic N) is 2. The minimum Gasteiger partial charge on any atom is -0.294 e. The normalized spacial score (nSPS) is 10.2. The number of Topliss-reactive ketones (excluding diaryl/α,β-unsaturated/α-hetero) is 1. The van der Waals surface area contributed by atoms with Crippen molar-refractivity contribution in [3.63, 3.8) is 0 Å². The van der Waals surface area contributed by atoms with Crippen LogP contribution in [0.15, 0.2) is 48.8 Å². The second-order valence-electron chi connectivity index (χ2n) is 4.28. The van der Waals surface area contributed by atoms with Crippen molar-refractivity contribution in [1.29, 1.82) is 0 Å². The zero-order valence-corrected chi connectivity index (χ0v) is 10.4. The lowest BCUT2D eigenvalue weighted by molar-refractivity contribution is -0.671. The van der Waals surface area contributed by atoms with E-state index < -0.39 is 4.92 Å². The van der Waals surface area contributed by atoms with E-state index in [1.54, 1.807) is 0 Å². The van der Waals surface area contributed by atoms with E-state index in [9.17, 15) is 14.9 Å². The molecule has 1 heterocycles. The van der Waals surface area contributed by atoms with Crippen molar-refractivity contribution < 1.29 is 14.3 Å². The molecule has 0 saturated carbocycles. The molecule has 0 spiro atoms. The van der Waals surface area contributed by atoms with Crippen molar-refractivity contribution in [2.45, 2.75) is 6.42 Å². The van der Waals surface area contributed by atoms with Gasteiger partial charge in [0.1, 0.15) is 7.05 Å². The molecule has 0 amide bonds. The zero-order chi connectivity index (χ0) is 13.8. The van der Waals surface area contributed by atoms with Crippen LogP contribution in [0.1, 0.15) is 15.9 Å². The summed E-state index contributed by atoms with van der Waals surface area (Å²) in [4.78, 5) is 22.0. The van der Waals surface area contributed by atoms with Gasteiger partial charge in [0.2, 0.25) is 0 Å². The predicted molar refractivity (Wildman–Crippen MR) is 68.7 cm³/mol. The van der Waals surface area contributed by atoms with Gasteiger partial charge in [-0.15, -0.1) is 0 Å². The third-order valence-electron chi connectivity index (χ3n) is 2.81. The Morgan fingerprint density at radius 3 is 2.26 bits per heavy atom. The highest BCUT2D eigenvalue weighted by Crippen LogP contribution is 2.13. The quantitative estimate of drug-likeness (QED) is 0.363. The van der Waals surface area contributed by atoms with Gasteiger partial charge >= 0.3 is 0 Å². The summed E-state index contributed by atoms with van der Waals surface area (Å²) in [7, 11) is 1.90. The first-order valence-corrected chi connectivity index (χ1v) is 5.78. The third-order valence-corrected chi connectivity index (χ3v) is 2.81. The third kappa shape index (κ3) is 3.22. The van der Waals surface area contributed by atoms with E-state index in [4.69, 9.17) is 0 Å². The molecule has 1 aromatic heterocycles. The number of carbonyl (C=O) groups is 1. The molecule has 0 aliphatic carbocycles. The van der Waals surface area contributed by atoms with Crippen LogP contribution in [-0.4, -0.2) is 10.7 Å². The van der Waals surface area contributed by atoms with Crippen molar-refractivity contribution >= 4 is 11.5 Å². The van der Waals surface area contributed by atoms with Crippen LogP contribution in [0.25, 0.3) is 0 Å². The smallest absolute Gasteiger partial charge is 0.269 e. The number of carbonyl (C=O) groups excluding carboxylic acids is 1. The van der Waals surface area contributed by atoms with Gasteiger partial charge in [0, 0.05) is 36.2 Å². The van der Waals surface area contributed by atoms with Crippen LogP contribution in [-0.2, 0) is 13.5 Å². The Hall–Kier alpha value is -2.56. The number of nitro groups is 1. The molecule has 19 heavy (non-hydrogen) atoms. The zero-order valence-electron chi connectivity index (χ0n) is 10.4. The van der Waals surface area contributed by atoms with E-state index in [2.05, 4.69) is 0 Å². The Bertz CT molecular complexity index is 604. The van der Waals surface area contributed by atoms with Crippen LogP contribution < -0.4 is 4.57 Å². The molecule has 0 radical (unpaired) electrons. The molecule has 5 nitrogen and oxygen atoms in total. The first kappa shape index (κ1) is 12.9. The van der Waals surface area contributed by atoms with E-state index in [0.29, 0.717) is 12.0 Å². The standard InChI is InChI=1S/C14H13N2O3/c1-15-8-6-11(7-9-15)10-14(17)12-2-4-13(5-3-12)16(18)19/h2-9H,10H2,1H3/q+1. The van der Waals surface area contributed by atoms with Crippen LogP contribution >= 0.6 is 0 Å². The number of benzene rings is 1. The SMILES string of the molecule is C[n+]1ccc(CC(=O)c2ccc([N+](=O)[O-])cc2)cc1. The topological polar surface area (TPSA) is 64.1 Å². The van der Waals surface area contributed by atoms with Gasteiger partial charge in [-0.25, -0.2) is 4.57 Å². The number of hydrogen-bond acceptors (Lipinski definition) is 3. The molecule has 0 atom stereocenters. The number of rotatable bonds is 4. The van der Waals surface area contributed by atoms with Crippen molar-refractivity contribution in [2.24, 2.45) is 7.05 Å². The second kappa shape index (κ2) is 5.39. The van der Waals surface area contributed by atoms with Gasteiger partial charge in [-0.05, 0) is 17.7 Å². The summed E-state index contributed by atoms with van der Waals surface area (Å²) in [6, 6.07) is 9.43. The fourth-order valence-corrected chi connectivity index (χ4v) is 1.71. The van der Waals surface area contributed by atoms with Gasteiger partial charge in [-0.1, -0.05) is 0 Å². The summed E-state index contributed by atoms with van der Waals surface area (Å²) in [5.41, 5.74) is 1.39. The summed E-state index contributed by atoms with van der Waals surface area (Å²) in [6.07, 6.45) is 4.04. The minimum atomic E-state index is -0.481. The average molecular weight is 257 g/mol. The van der Waals surface area contributed by atoms with Gasteiger partial charge in [-0.2, -0.15) is 0 Å². The summed E-state index contributed by atoms with van der Waals surface area (Å²) < 4.78 is 1.89. The lowest BCUT2D eigenvalue weighted by Crippen LogP contribution is -2.26. The molecular weight excluding hydrogens is 244 g/mol. The van der Waals surface area contributed by atoms with Crippen LogP contribution in [0.5, 0.6) is 0 Å². The number of non-ortho nitro benzene ring substituents is 1. The maximum absolute atomic E-state index is 12.0. The molecule has 0 aliphatic heterocycles. The Morgan fingerprint density at radius 1 is 1.16 bits per heavy atom. The summed E-state index contributed by atoms with van der Waals surface area (Å²) in [5, 5.41) is 10.5. The Morgan fingerprint density at radius 2 is 1.74 bits per heavy atom. The molecule has 0 unspecified atom stereocenters. The van der Waals surface area contributed by atoms with E-state index in [-0.39, 0.29) is 11.5 Å². The van der Waals surface area contributed by atoms with Crippen LogP contribution in [0.4, 0.5) is 5.69 Å². The molecule has 1 aromatic carbocycles. The molecule has 2 rings (SSSR count). The molecule has 0 aliphatic rings. The predicted octanol–water partition coefficient (Wildman–Crippen LogP) is 1.84. The highest BCUT2D eigenvalue weighted by Gasteiger charge is 2.10. The molecule has 0 fully saturated rings. The van der Waals surface area contributed by atoms with Crippen molar-refractivity contribution in [3.05, 3.63) is 70.0 Å². The largest absolute Gasteiger partial charge is 0.294 e. The Labute approximate surface area is 110 Å². The first-order valence-electron chi connectivity index (χ1n) is 5.78. The Balaban J connectivity index is 2.11. The molecule has 0 N–H and O–H groups in total. The van der Waals surface area contributed by atoms with E-state index in [0.717, 1.165) is 5.56 Å². The fraction of sp³-hybridized carbons (Fsp3) is 0.143. The lowest BCUT2D eigenvalue weighted by atomic mass is 10.0. The molecule has 0 bridgehead atoms. The summed E-state index contributed by atoms with van der Waals surface area (Å²) >= 11 is 0. The van der Waals surface area contributed by atoms with Gasteiger partial charge < -0.3 is 0 Å². The molecular formula is C14H13N2O3+. The van der Waals surface area contributed by atoms with Gasteiger partial charge in [0.15, 0.2) is 18.2 Å². The van der Waals surface area contributed by atoms with Crippen LogP contribution in [0.3, 0.4) is 0 Å². The molecule has 5 heteroatoms. The van der Waals surface area contributed by atoms with Crippen LogP contribution in [0.2, 0.25) is 0 Å². The van der Waals surface area contributed by atoms with Crippen LogP contribution in [0, 0.1) is 10.1 Å². The van der Waals surface area contributed by atoms with Gasteiger partial charge in [-0.3, -0.25) is 14.9 Å². The van der Waals surface area contributed by atoms with Crippen molar-refractivity contribution in [1.82, 2.24) is 0 Å². The number of hydrogen-bond donors (Lipinski definition) is 0. The van der Waals surface area contributed by atoms with E-state index in [1.165, 1.54) is 24.3 Å². The van der Waals surface area contributed by atoms with Crippen molar-refractivity contribution in [3.8, 4) is 0 Å². The average Bonchev–Trinajstić information content (AvgIpc) is 2.41. The van der Waals surface area contributed by atoms with Crippen molar-refractivity contribution in [2.75, 3.05) is 0 Å². The van der Waals surface area contributed by atoms with Gasteiger partial charge in [0.25, 0.3) is 5.69 Å². The Kier molecular flexibility index (Phi) is 3.66. The number of pyridine rings is 1. The molecule has 0 saturated heterocycles. The lowest BCUT2D eigenvalue weighted by Gasteiger charge is -2.00. The number of aromatic nitrogens is 1. The van der Waals surface area contributed by atoms with E-state index >= 15 is 0 Å². The molecule has 2 aromatic rings. The minimum absolute atomic E-state index is 0.0108. The molecule has 96 valence electrons. The first-order chi connectivity index (χ1) is 9.06. The highest BCUT2D eigenvalue weighted by molar-refractivity contribution is 5.97. The number of aryl methyl sites for hydroxylation is 1. The van der Waals surface area contributed by atoms with E-state index in [1.807, 2.05) is 36.1 Å². The monoisotopic (exact) mass is 257 g/mol. The highest BCUT2D eigenvalue weighted by atomic mass is 16.6. The second-order valence-corrected chi connectivity index (χ2v) is 4.28. The maximum Gasteiger partial charge on any atom is 0.269 e. The van der Waals surface area contributed by atoms with Gasteiger partial charge in [0.05, 0.1) is 4.92 Å². The fourth-order valence-electron chi connectivity index (χ4n) is 1.71. The number of ketones is 1. The summed E-state index contributed by atoms with van der Waals surface area (Å²) in [6.45, 7) is 0. The number of nitro benzene ring substituents is 1.